The average Bonchev–Trinajstić information content (AvgIpc) is 3.29. The van der Waals surface area contributed by atoms with Gasteiger partial charge in [-0.3, -0.25) is 19.2 Å². The van der Waals surface area contributed by atoms with Crippen LogP contribution in [-0.4, -0.2) is 79.9 Å². The first-order chi connectivity index (χ1) is 31.5. The highest BCUT2D eigenvalue weighted by Gasteiger charge is 2.38. The molecule has 22 heteroatoms. The first-order valence-electron chi connectivity index (χ1n) is 19.7. The Kier molecular flexibility index (Phi) is 12.8. The smallest absolute Gasteiger partial charge is 0.362 e. The van der Waals surface area contributed by atoms with Gasteiger partial charge in [-0.2, -0.15) is 39.6 Å². The van der Waals surface area contributed by atoms with Crippen LogP contribution in [0.2, 0.25) is 0 Å². The minimum Gasteiger partial charge on any atom is -0.375 e. The van der Waals surface area contributed by atoms with Crippen LogP contribution in [0.25, 0.3) is 34.8 Å². The molecule has 7 rings (SSSR count). The van der Waals surface area contributed by atoms with Gasteiger partial charge in [-0.1, -0.05) is 69.0 Å². The van der Waals surface area contributed by atoms with Gasteiger partial charge >= 0.3 is 47.5 Å². The van der Waals surface area contributed by atoms with E-state index in [9.17, 15) is 61.0 Å². The molecular formula is C44H32N6O13S3. The van der Waals surface area contributed by atoms with Crippen LogP contribution in [0.1, 0.15) is 104 Å². The van der Waals surface area contributed by atoms with Gasteiger partial charge in [0.15, 0.2) is 11.5 Å². The van der Waals surface area contributed by atoms with Crippen molar-refractivity contribution in [3.8, 4) is 17.2 Å². The van der Waals surface area contributed by atoms with Gasteiger partial charge in [0, 0.05) is 58.0 Å². The van der Waals surface area contributed by atoms with Crippen molar-refractivity contribution in [3.05, 3.63) is 140 Å². The summed E-state index contributed by atoms with van der Waals surface area (Å²) >= 11 is 0. The highest BCUT2D eigenvalue weighted by atomic mass is 32.2. The van der Waals surface area contributed by atoms with E-state index in [1.54, 1.807) is 0 Å². The second-order valence-corrected chi connectivity index (χ2v) is 19.1. The van der Waals surface area contributed by atoms with E-state index in [0.29, 0.717) is 6.42 Å². The topological polar surface area (TPSA) is 308 Å². The largest absolute Gasteiger partial charge is 0.375 e. The number of allylic oxidation sites excluding steroid dienone is 3. The van der Waals surface area contributed by atoms with E-state index in [4.69, 9.17) is 12.5 Å². The lowest BCUT2D eigenvalue weighted by Gasteiger charge is -2.21. The summed E-state index contributed by atoms with van der Waals surface area (Å²) < 4.78 is 103. The summed E-state index contributed by atoms with van der Waals surface area (Å²) in [5.41, 5.74) is 24.5. The SMILES string of the molecule is CCCCCCCC(=O)c1ccc(OS(=O)(=O)c2cccc3c2C=CC(=[N+]=[N-])C3=O)c(OS(=O)(=O)c2cccc3c2C=CC(=[N+]=[N-])C3=O)c1OS(=O)(=O)c1cccc2c1C=CC(=[N+]=[N-])C2=O. The van der Waals surface area contributed by atoms with Gasteiger partial charge in [0.05, 0.1) is 5.56 Å². The zero-order chi connectivity index (χ0) is 47.6. The fraction of sp³-hybridized carbons (Fsp3) is 0.159. The van der Waals surface area contributed by atoms with E-state index >= 15 is 0 Å². The third-order valence-electron chi connectivity index (χ3n) is 10.5. The van der Waals surface area contributed by atoms with E-state index in [1.165, 1.54) is 24.3 Å². The van der Waals surface area contributed by atoms with Gasteiger partial charge in [0.2, 0.25) is 11.5 Å². The first-order valence-corrected chi connectivity index (χ1v) is 24.0. The van der Waals surface area contributed by atoms with E-state index in [-0.39, 0.29) is 46.2 Å². The molecule has 0 unspecified atom stereocenters. The lowest BCUT2D eigenvalue weighted by Crippen LogP contribution is -2.23. The monoisotopic (exact) mass is 948 g/mol. The maximum Gasteiger partial charge on any atom is 0.362 e. The third kappa shape index (κ3) is 8.70. The van der Waals surface area contributed by atoms with Crippen LogP contribution in [-0.2, 0) is 30.4 Å². The van der Waals surface area contributed by atoms with Crippen LogP contribution in [0.5, 0.6) is 17.2 Å². The minimum absolute atomic E-state index is 0.231. The Morgan fingerprint density at radius 1 is 0.500 bits per heavy atom. The zero-order valence-electron chi connectivity index (χ0n) is 34.3. The Bertz CT molecular complexity index is 3450. The molecule has 0 heterocycles. The van der Waals surface area contributed by atoms with Crippen LogP contribution in [0.4, 0.5) is 0 Å². The van der Waals surface area contributed by atoms with E-state index in [0.717, 1.165) is 98.2 Å². The summed E-state index contributed by atoms with van der Waals surface area (Å²) in [5, 5.41) is 0. The molecule has 0 aromatic heterocycles. The Hall–Kier alpha value is -7.83. The molecule has 4 aromatic carbocycles. The summed E-state index contributed by atoms with van der Waals surface area (Å²) in [4.78, 5) is 59.9. The van der Waals surface area contributed by atoms with Crippen molar-refractivity contribution in [3.63, 3.8) is 0 Å². The molecule has 66 heavy (non-hydrogen) atoms. The molecule has 0 amide bonds. The standard InChI is InChI=1S/C44H32N6O13S3/c1-2-3-4-5-6-13-35(51)31-20-24-36(61-64(55,56)37-14-7-10-28-25(37)17-21-32(48-45)40(28)52)44(63-66(59,60)39-16-9-12-30-27(39)19-23-34(50-47)42(30)54)43(31)62-65(57,58)38-15-8-11-29-26(38)18-22-33(49-46)41(29)53/h7-12,14-24H,2-6,13H2,1H3. The molecule has 4 aromatic rings. The van der Waals surface area contributed by atoms with Crippen LogP contribution in [0, 0.1) is 0 Å². The van der Waals surface area contributed by atoms with Gasteiger partial charge in [0.25, 0.3) is 17.3 Å². The average molecular weight is 949 g/mol. The minimum atomic E-state index is -5.37. The van der Waals surface area contributed by atoms with Crippen molar-refractivity contribution in [2.24, 2.45) is 0 Å². The van der Waals surface area contributed by atoms with Gasteiger partial charge in [0.1, 0.15) is 14.7 Å². The lowest BCUT2D eigenvalue weighted by atomic mass is 9.95. The van der Waals surface area contributed by atoms with E-state index in [2.05, 4.69) is 14.4 Å². The van der Waals surface area contributed by atoms with Gasteiger partial charge in [-0.05, 0) is 55.0 Å². The van der Waals surface area contributed by atoms with E-state index < -0.39 is 108 Å². The fourth-order valence-electron chi connectivity index (χ4n) is 7.25. The van der Waals surface area contributed by atoms with Crippen molar-refractivity contribution in [2.75, 3.05) is 0 Å². The normalized spacial score (nSPS) is 14.1. The third-order valence-corrected chi connectivity index (χ3v) is 14.3. The molecular weight excluding hydrogens is 917 g/mol. The molecule has 19 nitrogen and oxygen atoms in total. The number of unbranched alkanes of at least 4 members (excludes halogenated alkanes) is 4. The van der Waals surface area contributed by atoms with Crippen LogP contribution >= 0.6 is 0 Å². The summed E-state index contributed by atoms with van der Waals surface area (Å²) in [6, 6.07) is 12.0. The van der Waals surface area contributed by atoms with Gasteiger partial charge in [-0.25, -0.2) is 0 Å². The Labute approximate surface area is 376 Å². The molecule has 0 N–H and O–H groups in total. The molecule has 0 atom stereocenters. The maximum atomic E-state index is 14.5. The molecule has 0 saturated heterocycles. The highest BCUT2D eigenvalue weighted by molar-refractivity contribution is 7.88. The molecule has 0 radical (unpaired) electrons. The highest BCUT2D eigenvalue weighted by Crippen LogP contribution is 2.46. The number of rotatable bonds is 16. The number of hydrogen-bond donors (Lipinski definition) is 0. The molecule has 3 aliphatic rings. The van der Waals surface area contributed by atoms with Crippen molar-refractivity contribution in [1.29, 1.82) is 0 Å². The predicted molar refractivity (Wildman–Crippen MR) is 233 cm³/mol. The first kappa shape index (κ1) is 46.2. The van der Waals surface area contributed by atoms with E-state index in [1.807, 2.05) is 6.92 Å². The number of hydrogen-bond acceptors (Lipinski definition) is 13. The Morgan fingerprint density at radius 3 is 1.30 bits per heavy atom. The predicted octanol–water partition coefficient (Wildman–Crippen LogP) is 6.17. The Morgan fingerprint density at radius 2 is 0.894 bits per heavy atom. The van der Waals surface area contributed by atoms with Crippen LogP contribution in [0.3, 0.4) is 0 Å². The molecule has 0 aliphatic heterocycles. The van der Waals surface area contributed by atoms with Crippen LogP contribution in [0.15, 0.2) is 99.6 Å². The summed E-state index contributed by atoms with van der Waals surface area (Å²) in [6.07, 6.45) is 9.54. The molecule has 334 valence electrons. The summed E-state index contributed by atoms with van der Waals surface area (Å²) in [5.74, 6) is -6.93. The van der Waals surface area contributed by atoms with Crippen molar-refractivity contribution >= 4 is 88.9 Å². The molecule has 3 aliphatic carbocycles. The quantitative estimate of drug-likeness (QED) is 0.0399. The maximum absolute atomic E-state index is 14.5. The number of ketones is 4. The van der Waals surface area contributed by atoms with Crippen molar-refractivity contribution in [2.45, 2.75) is 60.1 Å². The number of Topliss-reactive ketones (excluding diaryl/α,β-unsaturated/α-hetero) is 4. The summed E-state index contributed by atoms with van der Waals surface area (Å²) in [6.45, 7) is 1.98. The number of carbonyl (C=O) groups excluding carboxylic acids is 4. The number of benzene rings is 4. The second kappa shape index (κ2) is 18.3. The molecule has 0 saturated carbocycles. The van der Waals surface area contributed by atoms with Crippen LogP contribution < -0.4 is 12.5 Å². The van der Waals surface area contributed by atoms with Gasteiger partial charge < -0.3 is 29.1 Å². The van der Waals surface area contributed by atoms with Crippen molar-refractivity contribution in [1.82, 2.24) is 0 Å². The zero-order valence-corrected chi connectivity index (χ0v) is 36.7. The Balaban J connectivity index is 1.45. The van der Waals surface area contributed by atoms with Gasteiger partial charge in [-0.15, -0.1) is 0 Å². The molecule has 0 spiro atoms. The number of fused-ring (bicyclic) bond motifs is 3. The fourth-order valence-corrected chi connectivity index (χ4v) is 10.7. The molecule has 0 fully saturated rings. The second-order valence-electron chi connectivity index (χ2n) is 14.6. The molecule has 0 bridgehead atoms. The summed E-state index contributed by atoms with van der Waals surface area (Å²) in [7, 11) is -15.9. The number of nitrogens with zero attached hydrogens (tertiary/aromatic N) is 6. The number of carbonyl (C=O) groups is 4. The van der Waals surface area contributed by atoms with Crippen molar-refractivity contribution < 1.29 is 71.4 Å². The lowest BCUT2D eigenvalue weighted by molar-refractivity contribution is -0.00459.